The van der Waals surface area contributed by atoms with Gasteiger partial charge in [0.05, 0.1) is 0 Å². The molecule has 0 spiro atoms. The molecule has 0 aliphatic heterocycles. The maximum atomic E-state index is 2.55. The molecule has 0 bridgehead atoms. The average molecular weight is 799 g/mol. The minimum absolute atomic E-state index is 0.150. The lowest BCUT2D eigenvalue weighted by molar-refractivity contribution is 0.661. The topological polar surface area (TPSA) is 0 Å². The van der Waals surface area contributed by atoms with E-state index in [1.165, 1.54) is 132 Å². The lowest BCUT2D eigenvalue weighted by Crippen LogP contribution is -2.14. The number of benzene rings is 12. The van der Waals surface area contributed by atoms with E-state index in [1.807, 2.05) is 0 Å². The van der Waals surface area contributed by atoms with Gasteiger partial charge in [0.15, 0.2) is 0 Å². The van der Waals surface area contributed by atoms with E-state index in [9.17, 15) is 0 Å². The molecule has 0 saturated heterocycles. The second-order valence-corrected chi connectivity index (χ2v) is 18.0. The molecule has 294 valence electrons. The number of hydrogen-bond acceptors (Lipinski definition) is 0. The fourth-order valence-electron chi connectivity index (χ4n) is 11.1. The van der Waals surface area contributed by atoms with Gasteiger partial charge in [0, 0.05) is 5.41 Å². The largest absolute Gasteiger partial charge is 0.0622 e. The first kappa shape index (κ1) is 35.9. The van der Waals surface area contributed by atoms with Crippen LogP contribution in [0.4, 0.5) is 0 Å². The van der Waals surface area contributed by atoms with Crippen molar-refractivity contribution in [2.24, 2.45) is 0 Å². The summed E-state index contributed by atoms with van der Waals surface area (Å²) >= 11 is 0. The second-order valence-electron chi connectivity index (χ2n) is 18.0. The number of fused-ring (bicyclic) bond motifs is 5. The normalized spacial score (nSPS) is 13.0. The molecule has 0 heteroatoms. The third kappa shape index (κ3) is 5.41. The Labute approximate surface area is 367 Å². The van der Waals surface area contributed by atoms with Gasteiger partial charge < -0.3 is 0 Å². The van der Waals surface area contributed by atoms with Crippen molar-refractivity contribution in [3.8, 4) is 66.8 Å². The van der Waals surface area contributed by atoms with Gasteiger partial charge in [-0.2, -0.15) is 0 Å². The molecule has 0 N–H and O–H groups in total. The van der Waals surface area contributed by atoms with Crippen molar-refractivity contribution in [2.45, 2.75) is 19.3 Å². The Morgan fingerprint density at radius 2 is 0.762 bits per heavy atom. The second kappa shape index (κ2) is 13.6. The molecule has 13 rings (SSSR count). The third-order valence-electron chi connectivity index (χ3n) is 14.2. The van der Waals surface area contributed by atoms with Crippen LogP contribution in [0, 0.1) is 0 Å². The first-order chi connectivity index (χ1) is 31.0. The highest BCUT2D eigenvalue weighted by Crippen LogP contribution is 2.54. The molecular formula is C63H42. The molecule has 0 radical (unpaired) electrons. The fraction of sp³-hybridized carbons (Fsp3) is 0.0476. The summed E-state index contributed by atoms with van der Waals surface area (Å²) in [4.78, 5) is 0. The van der Waals surface area contributed by atoms with E-state index < -0.39 is 0 Å². The van der Waals surface area contributed by atoms with E-state index in [4.69, 9.17) is 0 Å². The van der Waals surface area contributed by atoms with Gasteiger partial charge in [-0.05, 0) is 156 Å². The standard InChI is InChI=1S/C63H42/c1-63(2)57-22-10-9-20-49(57)53-37-55-56(38-58(53)63)61(46-29-25-42(26-30-46)40-15-7-4-8-16-40)54-35-47(33-34-51(54)60(55)45-27-23-41(24-28-45)39-13-5-3-6-14-39)52-36-48-19-11-17-43-31-32-44-18-12-21-50(52)62(44)59(43)48/h3-38H,1-2H3. The Morgan fingerprint density at radius 3 is 1.44 bits per heavy atom. The molecule has 0 nitrogen and oxygen atoms in total. The van der Waals surface area contributed by atoms with Crippen LogP contribution in [0.25, 0.3) is 121 Å². The summed E-state index contributed by atoms with van der Waals surface area (Å²) in [6.45, 7) is 4.80. The first-order valence-electron chi connectivity index (χ1n) is 22.2. The summed E-state index contributed by atoms with van der Waals surface area (Å²) in [6.07, 6.45) is 0. The molecule has 0 heterocycles. The van der Waals surface area contributed by atoms with E-state index in [0.717, 1.165) is 0 Å². The monoisotopic (exact) mass is 798 g/mol. The van der Waals surface area contributed by atoms with Gasteiger partial charge in [0.2, 0.25) is 0 Å². The minimum atomic E-state index is -0.150. The van der Waals surface area contributed by atoms with Crippen molar-refractivity contribution < 1.29 is 0 Å². The Kier molecular flexibility index (Phi) is 7.75. The Hall–Kier alpha value is -7.80. The maximum Gasteiger partial charge on any atom is 0.0159 e. The summed E-state index contributed by atoms with van der Waals surface area (Å²) in [7, 11) is 0. The van der Waals surface area contributed by atoms with Crippen LogP contribution in [0.15, 0.2) is 218 Å². The fourth-order valence-corrected chi connectivity index (χ4v) is 11.1. The van der Waals surface area contributed by atoms with Gasteiger partial charge in [0.25, 0.3) is 0 Å². The van der Waals surface area contributed by atoms with E-state index in [-0.39, 0.29) is 5.41 Å². The molecule has 1 aliphatic carbocycles. The highest BCUT2D eigenvalue weighted by atomic mass is 14.4. The molecule has 0 atom stereocenters. The zero-order valence-electron chi connectivity index (χ0n) is 35.3. The van der Waals surface area contributed by atoms with Gasteiger partial charge in [-0.3, -0.25) is 0 Å². The van der Waals surface area contributed by atoms with Gasteiger partial charge in [-0.15, -0.1) is 0 Å². The van der Waals surface area contributed by atoms with Crippen molar-refractivity contribution in [1.82, 2.24) is 0 Å². The summed E-state index contributed by atoms with van der Waals surface area (Å²) in [5.74, 6) is 0. The van der Waals surface area contributed by atoms with Crippen molar-refractivity contribution in [1.29, 1.82) is 0 Å². The molecule has 0 amide bonds. The van der Waals surface area contributed by atoms with Crippen LogP contribution < -0.4 is 0 Å². The van der Waals surface area contributed by atoms with Crippen molar-refractivity contribution in [3.05, 3.63) is 230 Å². The molecule has 0 saturated carbocycles. The summed E-state index contributed by atoms with van der Waals surface area (Å²) in [5.41, 5.74) is 17.6. The van der Waals surface area contributed by atoms with Crippen molar-refractivity contribution >= 4 is 53.9 Å². The van der Waals surface area contributed by atoms with E-state index in [1.54, 1.807) is 0 Å². The third-order valence-corrected chi connectivity index (χ3v) is 14.2. The molecule has 0 unspecified atom stereocenters. The van der Waals surface area contributed by atoms with Gasteiger partial charge in [0.1, 0.15) is 0 Å². The lowest BCUT2D eigenvalue weighted by Gasteiger charge is -2.24. The summed E-state index contributed by atoms with van der Waals surface area (Å²) in [6, 6.07) is 81.9. The first-order valence-corrected chi connectivity index (χ1v) is 22.2. The number of rotatable bonds is 5. The van der Waals surface area contributed by atoms with Crippen LogP contribution in [0.1, 0.15) is 25.0 Å². The Balaban J connectivity index is 1.15. The minimum Gasteiger partial charge on any atom is -0.0622 e. The SMILES string of the molecule is CC1(C)c2ccccc2-c2cc3c(-c4ccc(-c5ccccc5)cc4)c4ccc(-c5cc6cccc7ccc8cccc5c8c76)cc4c(-c4ccc(-c5ccccc5)cc4)c3cc21. The molecular weight excluding hydrogens is 757 g/mol. The van der Waals surface area contributed by atoms with Gasteiger partial charge in [-0.25, -0.2) is 0 Å². The van der Waals surface area contributed by atoms with Crippen molar-refractivity contribution in [3.63, 3.8) is 0 Å². The van der Waals surface area contributed by atoms with Crippen LogP contribution >= 0.6 is 0 Å². The maximum absolute atomic E-state index is 2.55. The zero-order valence-corrected chi connectivity index (χ0v) is 35.3. The van der Waals surface area contributed by atoms with E-state index >= 15 is 0 Å². The quantitative estimate of drug-likeness (QED) is 0.120. The van der Waals surface area contributed by atoms with Crippen LogP contribution in [0.2, 0.25) is 0 Å². The average Bonchev–Trinajstić information content (AvgIpc) is 3.57. The smallest absolute Gasteiger partial charge is 0.0159 e. The molecule has 12 aromatic rings. The van der Waals surface area contributed by atoms with Crippen LogP contribution in [0.5, 0.6) is 0 Å². The van der Waals surface area contributed by atoms with Gasteiger partial charge in [-0.1, -0.05) is 208 Å². The van der Waals surface area contributed by atoms with Crippen molar-refractivity contribution in [2.75, 3.05) is 0 Å². The summed E-state index contributed by atoms with van der Waals surface area (Å²) < 4.78 is 0. The Morgan fingerprint density at radius 1 is 0.254 bits per heavy atom. The molecule has 1 aliphatic rings. The predicted molar refractivity (Wildman–Crippen MR) is 270 cm³/mol. The predicted octanol–water partition coefficient (Wildman–Crippen LogP) is 17.5. The molecule has 12 aromatic carbocycles. The molecule has 0 aromatic heterocycles. The van der Waals surface area contributed by atoms with Gasteiger partial charge >= 0.3 is 0 Å². The highest BCUT2D eigenvalue weighted by molar-refractivity contribution is 6.27. The summed E-state index contributed by atoms with van der Waals surface area (Å²) in [5, 5.41) is 12.9. The van der Waals surface area contributed by atoms with E-state index in [2.05, 4.69) is 232 Å². The Bertz CT molecular complexity index is 3760. The van der Waals surface area contributed by atoms with Crippen LogP contribution in [-0.2, 0) is 5.41 Å². The highest BCUT2D eigenvalue weighted by Gasteiger charge is 2.36. The number of hydrogen-bond donors (Lipinski definition) is 0. The lowest BCUT2D eigenvalue weighted by atomic mass is 9.79. The molecule has 0 fully saturated rings. The molecule has 63 heavy (non-hydrogen) atoms. The van der Waals surface area contributed by atoms with E-state index in [0.29, 0.717) is 0 Å². The zero-order chi connectivity index (χ0) is 41.8. The van der Waals surface area contributed by atoms with Crippen LogP contribution in [-0.4, -0.2) is 0 Å². The van der Waals surface area contributed by atoms with Crippen LogP contribution in [0.3, 0.4) is 0 Å².